The van der Waals surface area contributed by atoms with Crippen LogP contribution in [0, 0.1) is 0 Å². The summed E-state index contributed by atoms with van der Waals surface area (Å²) in [7, 11) is 1.59. The molecule has 1 aromatic heterocycles. The average Bonchev–Trinajstić information content (AvgIpc) is 3.07. The Hall–Kier alpha value is -2.71. The molecule has 6 nitrogen and oxygen atoms in total. The number of ether oxygens (including phenoxy) is 1. The van der Waals surface area contributed by atoms with Gasteiger partial charge in [0.25, 0.3) is 5.91 Å². The summed E-state index contributed by atoms with van der Waals surface area (Å²) in [5.74, 6) is 0.428. The third-order valence-electron chi connectivity index (χ3n) is 3.72. The number of anilines is 1. The summed E-state index contributed by atoms with van der Waals surface area (Å²) >= 11 is 8.58. The van der Waals surface area contributed by atoms with Gasteiger partial charge >= 0.3 is 0 Å². The van der Waals surface area contributed by atoms with E-state index >= 15 is 0 Å². The summed E-state index contributed by atoms with van der Waals surface area (Å²) in [5, 5.41) is 10.1. The summed E-state index contributed by atoms with van der Waals surface area (Å²) in [6.45, 7) is 0.628. The number of amides is 1. The van der Waals surface area contributed by atoms with Crippen molar-refractivity contribution in [3.8, 4) is 5.75 Å². The van der Waals surface area contributed by atoms with Gasteiger partial charge in [0, 0.05) is 23.5 Å². The second-order valence-electron chi connectivity index (χ2n) is 5.69. The Labute approximate surface area is 170 Å². The molecule has 0 aliphatic rings. The van der Waals surface area contributed by atoms with Crippen LogP contribution in [0.25, 0.3) is 0 Å². The summed E-state index contributed by atoms with van der Waals surface area (Å²) < 4.78 is 7.90. The molecule has 0 radical (unpaired) electrons. The van der Waals surface area contributed by atoms with Crippen LogP contribution in [0.15, 0.2) is 65.4 Å². The maximum absolute atomic E-state index is 12.4. The number of thiocarbonyl (C=S) groups is 1. The van der Waals surface area contributed by atoms with E-state index < -0.39 is 0 Å². The number of aromatic nitrogens is 2. The fraction of sp³-hybridized carbons (Fsp3) is 0.105. The van der Waals surface area contributed by atoms with E-state index in [1.54, 1.807) is 31.5 Å². The van der Waals surface area contributed by atoms with Crippen LogP contribution in [-0.2, 0) is 6.54 Å². The number of nitrogens with zero attached hydrogens (tertiary/aromatic N) is 2. The van der Waals surface area contributed by atoms with Crippen LogP contribution in [0.2, 0.25) is 0 Å². The molecule has 0 saturated heterocycles. The molecule has 1 heterocycles. The Bertz CT molecular complexity index is 956. The van der Waals surface area contributed by atoms with E-state index in [-0.39, 0.29) is 11.0 Å². The van der Waals surface area contributed by atoms with Crippen molar-refractivity contribution in [3.05, 3.63) is 76.5 Å². The molecule has 1 amide bonds. The highest BCUT2D eigenvalue weighted by atomic mass is 79.9. The van der Waals surface area contributed by atoms with E-state index in [9.17, 15) is 4.79 Å². The Morgan fingerprint density at radius 1 is 1.26 bits per heavy atom. The third-order valence-corrected chi connectivity index (χ3v) is 4.33. The van der Waals surface area contributed by atoms with Crippen LogP contribution in [0.1, 0.15) is 15.9 Å². The number of benzene rings is 2. The SMILES string of the molecule is COc1cccc(NC(=S)NC(=O)c2ccc(Cn3cc(Br)cn3)cc2)c1. The molecule has 0 aliphatic heterocycles. The molecular formula is C19H17BrN4O2S. The Balaban J connectivity index is 1.57. The van der Waals surface area contributed by atoms with Gasteiger partial charge in [-0.3, -0.25) is 14.8 Å². The van der Waals surface area contributed by atoms with Crippen LogP contribution >= 0.6 is 28.1 Å². The first-order valence-electron chi connectivity index (χ1n) is 8.07. The monoisotopic (exact) mass is 444 g/mol. The lowest BCUT2D eigenvalue weighted by atomic mass is 10.1. The first-order chi connectivity index (χ1) is 13.0. The number of carbonyl (C=O) groups is 1. The molecular weight excluding hydrogens is 428 g/mol. The molecule has 0 saturated carbocycles. The first kappa shape index (κ1) is 19.1. The third kappa shape index (κ3) is 5.38. The molecule has 0 aliphatic carbocycles. The van der Waals surface area contributed by atoms with Crippen molar-refractivity contribution in [2.45, 2.75) is 6.54 Å². The molecule has 138 valence electrons. The van der Waals surface area contributed by atoms with Gasteiger partial charge in [-0.25, -0.2) is 0 Å². The Kier molecular flexibility index (Phi) is 6.20. The van der Waals surface area contributed by atoms with Gasteiger partial charge < -0.3 is 10.1 Å². The molecule has 3 rings (SSSR count). The molecule has 0 fully saturated rings. The van der Waals surface area contributed by atoms with Crippen molar-refractivity contribution in [3.63, 3.8) is 0 Å². The van der Waals surface area contributed by atoms with Crippen molar-refractivity contribution < 1.29 is 9.53 Å². The van der Waals surface area contributed by atoms with Crippen molar-refractivity contribution in [1.29, 1.82) is 0 Å². The van der Waals surface area contributed by atoms with Crippen LogP contribution in [0.5, 0.6) is 5.75 Å². The number of hydrogen-bond donors (Lipinski definition) is 2. The van der Waals surface area contributed by atoms with Crippen LogP contribution in [-0.4, -0.2) is 27.9 Å². The fourth-order valence-corrected chi connectivity index (χ4v) is 2.95. The number of nitrogens with one attached hydrogen (secondary N) is 2. The fourth-order valence-electron chi connectivity index (χ4n) is 2.41. The number of carbonyl (C=O) groups excluding carboxylic acids is 1. The molecule has 3 aromatic rings. The van der Waals surface area contributed by atoms with Crippen LogP contribution in [0.4, 0.5) is 5.69 Å². The topological polar surface area (TPSA) is 68.2 Å². The van der Waals surface area contributed by atoms with Gasteiger partial charge in [0.05, 0.1) is 24.3 Å². The van der Waals surface area contributed by atoms with E-state index in [0.717, 1.165) is 15.7 Å². The number of halogens is 1. The van der Waals surface area contributed by atoms with Crippen molar-refractivity contribution in [2.24, 2.45) is 0 Å². The predicted octanol–water partition coefficient (Wildman–Crippen LogP) is 3.83. The first-order valence-corrected chi connectivity index (χ1v) is 9.27. The van der Waals surface area contributed by atoms with Crippen LogP contribution < -0.4 is 15.4 Å². The molecule has 0 atom stereocenters. The lowest BCUT2D eigenvalue weighted by Crippen LogP contribution is -2.34. The maximum Gasteiger partial charge on any atom is 0.257 e. The molecule has 8 heteroatoms. The number of rotatable bonds is 5. The van der Waals surface area contributed by atoms with E-state index in [4.69, 9.17) is 17.0 Å². The van der Waals surface area contributed by atoms with Gasteiger partial charge in [0.1, 0.15) is 5.75 Å². The lowest BCUT2D eigenvalue weighted by molar-refractivity contribution is 0.0977. The lowest BCUT2D eigenvalue weighted by Gasteiger charge is -2.11. The largest absolute Gasteiger partial charge is 0.497 e. The van der Waals surface area contributed by atoms with E-state index in [0.29, 0.717) is 17.9 Å². The highest BCUT2D eigenvalue weighted by Crippen LogP contribution is 2.16. The second kappa shape index (κ2) is 8.79. The summed E-state index contributed by atoms with van der Waals surface area (Å²) in [4.78, 5) is 12.4. The highest BCUT2D eigenvalue weighted by Gasteiger charge is 2.09. The quantitative estimate of drug-likeness (QED) is 0.585. The predicted molar refractivity (Wildman–Crippen MR) is 112 cm³/mol. The summed E-state index contributed by atoms with van der Waals surface area (Å²) in [5.41, 5.74) is 2.30. The second-order valence-corrected chi connectivity index (χ2v) is 7.02. The zero-order valence-corrected chi connectivity index (χ0v) is 16.9. The molecule has 27 heavy (non-hydrogen) atoms. The zero-order chi connectivity index (χ0) is 19.2. The minimum Gasteiger partial charge on any atom is -0.497 e. The van der Waals surface area contributed by atoms with E-state index in [2.05, 4.69) is 31.7 Å². The van der Waals surface area contributed by atoms with Gasteiger partial charge in [-0.2, -0.15) is 5.10 Å². The van der Waals surface area contributed by atoms with Crippen LogP contribution in [0.3, 0.4) is 0 Å². The summed E-state index contributed by atoms with van der Waals surface area (Å²) in [6.07, 6.45) is 3.63. The van der Waals surface area contributed by atoms with Gasteiger partial charge in [-0.05, 0) is 58.0 Å². The van der Waals surface area contributed by atoms with E-state index in [1.807, 2.05) is 41.2 Å². The van der Waals surface area contributed by atoms with E-state index in [1.165, 1.54) is 0 Å². The molecule has 0 unspecified atom stereocenters. The highest BCUT2D eigenvalue weighted by molar-refractivity contribution is 9.10. The van der Waals surface area contributed by atoms with Gasteiger partial charge in [-0.15, -0.1) is 0 Å². The standard InChI is InChI=1S/C19H17BrN4O2S/c1-26-17-4-2-3-16(9-17)22-19(27)23-18(25)14-7-5-13(6-8-14)11-24-12-15(20)10-21-24/h2-10,12H,11H2,1H3,(H2,22,23,25,27). The molecule has 2 N–H and O–H groups in total. The van der Waals surface area contributed by atoms with Crippen molar-refractivity contribution >= 4 is 44.9 Å². The van der Waals surface area contributed by atoms with Gasteiger partial charge in [0.15, 0.2) is 5.11 Å². The van der Waals surface area contributed by atoms with Crippen molar-refractivity contribution in [2.75, 3.05) is 12.4 Å². The smallest absolute Gasteiger partial charge is 0.257 e. The zero-order valence-electron chi connectivity index (χ0n) is 14.5. The number of methoxy groups -OCH3 is 1. The molecule has 0 bridgehead atoms. The Morgan fingerprint density at radius 2 is 2.04 bits per heavy atom. The van der Waals surface area contributed by atoms with Gasteiger partial charge in [0.2, 0.25) is 0 Å². The molecule has 0 spiro atoms. The minimum absolute atomic E-state index is 0.221. The normalized spacial score (nSPS) is 10.3. The average molecular weight is 445 g/mol. The summed E-state index contributed by atoms with van der Waals surface area (Å²) in [6, 6.07) is 14.6. The minimum atomic E-state index is -0.274. The van der Waals surface area contributed by atoms with Crippen molar-refractivity contribution in [1.82, 2.24) is 15.1 Å². The number of hydrogen-bond acceptors (Lipinski definition) is 4. The maximum atomic E-state index is 12.4. The Morgan fingerprint density at radius 3 is 2.70 bits per heavy atom. The molecule has 2 aromatic carbocycles. The van der Waals surface area contributed by atoms with Gasteiger partial charge in [-0.1, -0.05) is 18.2 Å².